The van der Waals surface area contributed by atoms with Crippen molar-refractivity contribution in [1.82, 2.24) is 20.8 Å². The molecule has 2 aromatic rings. The summed E-state index contributed by atoms with van der Waals surface area (Å²) in [4.78, 5) is 29.6. The van der Waals surface area contributed by atoms with E-state index in [0.717, 1.165) is 5.56 Å². The summed E-state index contributed by atoms with van der Waals surface area (Å²) in [5.41, 5.74) is 0.849. The Balaban J connectivity index is 2.06. The SMILES string of the molecule is CSc1nc(C(O)[C@H](CC(C)C)NC(=O)[C@H](CC(C)C)NC(=O)OCc2ccccc2)no1. The number of rotatable bonds is 12. The number of carbonyl (C=O) groups excluding carboxylic acids is 2. The third kappa shape index (κ3) is 9.05. The molecule has 0 spiro atoms. The van der Waals surface area contributed by atoms with Gasteiger partial charge in [-0.1, -0.05) is 74.9 Å². The molecule has 0 saturated carbocycles. The zero-order valence-corrected chi connectivity index (χ0v) is 20.6. The van der Waals surface area contributed by atoms with Crippen molar-refractivity contribution in [3.8, 4) is 0 Å². The van der Waals surface area contributed by atoms with E-state index in [0.29, 0.717) is 18.1 Å². The molecular weight excluding hydrogens is 444 g/mol. The summed E-state index contributed by atoms with van der Waals surface area (Å²) in [6.45, 7) is 8.00. The molecule has 0 fully saturated rings. The van der Waals surface area contributed by atoms with Gasteiger partial charge in [0, 0.05) is 0 Å². The van der Waals surface area contributed by atoms with Crippen molar-refractivity contribution in [3.05, 3.63) is 41.7 Å². The topological polar surface area (TPSA) is 127 Å². The Morgan fingerprint density at radius 3 is 2.33 bits per heavy atom. The van der Waals surface area contributed by atoms with Crippen LogP contribution in [0, 0.1) is 11.8 Å². The number of aliphatic hydroxyl groups excluding tert-OH is 1. The first-order valence-corrected chi connectivity index (χ1v) is 12.2. The van der Waals surface area contributed by atoms with E-state index in [4.69, 9.17) is 9.26 Å². The highest BCUT2D eigenvalue weighted by Gasteiger charge is 2.31. The molecule has 1 aromatic carbocycles. The maximum atomic E-state index is 13.1. The quantitative estimate of drug-likeness (QED) is 0.394. The maximum absolute atomic E-state index is 13.1. The monoisotopic (exact) mass is 478 g/mol. The molecule has 0 saturated heterocycles. The van der Waals surface area contributed by atoms with Gasteiger partial charge < -0.3 is 25.0 Å². The van der Waals surface area contributed by atoms with E-state index >= 15 is 0 Å². The van der Waals surface area contributed by atoms with Gasteiger partial charge >= 0.3 is 6.09 Å². The van der Waals surface area contributed by atoms with Crippen molar-refractivity contribution in [2.45, 2.75) is 70.6 Å². The summed E-state index contributed by atoms with van der Waals surface area (Å²) in [5, 5.41) is 20.5. The van der Waals surface area contributed by atoms with Crippen LogP contribution < -0.4 is 10.6 Å². The highest BCUT2D eigenvalue weighted by atomic mass is 32.2. The Hall–Kier alpha value is -2.59. The Bertz CT molecular complexity index is 875. The van der Waals surface area contributed by atoms with Crippen LogP contribution in [0.15, 0.2) is 40.1 Å². The van der Waals surface area contributed by atoms with E-state index in [1.165, 1.54) is 11.8 Å². The van der Waals surface area contributed by atoms with Crippen LogP contribution in [0.1, 0.15) is 58.0 Å². The lowest BCUT2D eigenvalue weighted by Gasteiger charge is -2.27. The van der Waals surface area contributed by atoms with Gasteiger partial charge in [-0.15, -0.1) is 0 Å². The third-order valence-corrected chi connectivity index (χ3v) is 5.34. The summed E-state index contributed by atoms with van der Waals surface area (Å²) >= 11 is 1.27. The number of alkyl carbamates (subject to hydrolysis) is 1. The smallest absolute Gasteiger partial charge is 0.408 e. The first-order chi connectivity index (χ1) is 15.7. The second-order valence-corrected chi connectivity index (χ2v) is 9.46. The maximum Gasteiger partial charge on any atom is 0.408 e. The fraction of sp³-hybridized carbons (Fsp3) is 0.565. The van der Waals surface area contributed by atoms with E-state index in [1.54, 1.807) is 6.26 Å². The van der Waals surface area contributed by atoms with Crippen LogP contribution in [-0.2, 0) is 16.1 Å². The Kier molecular flexibility index (Phi) is 10.7. The van der Waals surface area contributed by atoms with Crippen LogP contribution in [0.25, 0.3) is 0 Å². The zero-order valence-electron chi connectivity index (χ0n) is 19.8. The molecule has 0 aliphatic heterocycles. The van der Waals surface area contributed by atoms with Gasteiger partial charge in [-0.3, -0.25) is 4.79 Å². The number of amides is 2. The number of nitrogens with one attached hydrogen (secondary N) is 2. The van der Waals surface area contributed by atoms with E-state index < -0.39 is 30.2 Å². The minimum atomic E-state index is -1.15. The fourth-order valence-electron chi connectivity index (χ4n) is 3.27. The number of aliphatic hydroxyl groups is 1. The van der Waals surface area contributed by atoms with Gasteiger partial charge in [-0.25, -0.2) is 4.79 Å². The number of hydrogen-bond acceptors (Lipinski definition) is 8. The van der Waals surface area contributed by atoms with Gasteiger partial charge in [-0.2, -0.15) is 4.98 Å². The molecule has 0 aliphatic rings. The number of benzene rings is 1. The van der Waals surface area contributed by atoms with E-state index in [-0.39, 0.29) is 24.3 Å². The molecule has 0 bridgehead atoms. The minimum Gasteiger partial charge on any atom is -0.445 e. The number of ether oxygens (including phenoxy) is 1. The second kappa shape index (κ2) is 13.2. The molecule has 1 aromatic heterocycles. The van der Waals surface area contributed by atoms with Gasteiger partial charge in [-0.05, 0) is 36.5 Å². The molecule has 1 unspecified atom stereocenters. The predicted molar refractivity (Wildman–Crippen MR) is 125 cm³/mol. The summed E-state index contributed by atoms with van der Waals surface area (Å²) in [6, 6.07) is 7.83. The fourth-order valence-corrected chi connectivity index (χ4v) is 3.57. The first-order valence-electron chi connectivity index (χ1n) is 11.0. The molecule has 2 rings (SSSR count). The van der Waals surface area contributed by atoms with Gasteiger partial charge in [0.25, 0.3) is 5.22 Å². The normalized spacial score (nSPS) is 14.1. The molecule has 3 atom stereocenters. The molecule has 33 heavy (non-hydrogen) atoms. The van der Waals surface area contributed by atoms with E-state index in [2.05, 4.69) is 20.8 Å². The standard InChI is InChI=1S/C23H34N4O5S/c1-14(2)11-17(19(28)20-26-23(33-5)32-27-20)24-21(29)18(12-15(3)4)25-22(30)31-13-16-9-7-6-8-10-16/h6-10,14-15,17-19,28H,11-13H2,1-5H3,(H,24,29)(H,25,30)/t17-,18-,19?/m0/s1. The molecule has 9 nitrogen and oxygen atoms in total. The molecular formula is C23H34N4O5S. The molecule has 1 heterocycles. The van der Waals surface area contributed by atoms with Gasteiger partial charge in [0.15, 0.2) is 0 Å². The van der Waals surface area contributed by atoms with Gasteiger partial charge in [0.1, 0.15) is 18.8 Å². The van der Waals surface area contributed by atoms with Crippen molar-refractivity contribution < 1.29 is 24.0 Å². The Morgan fingerprint density at radius 2 is 1.76 bits per heavy atom. The third-order valence-electron chi connectivity index (χ3n) is 4.82. The molecule has 0 aliphatic carbocycles. The second-order valence-electron chi connectivity index (χ2n) is 8.70. The van der Waals surface area contributed by atoms with Gasteiger partial charge in [0.2, 0.25) is 11.7 Å². The average molecular weight is 479 g/mol. The zero-order chi connectivity index (χ0) is 24.4. The number of carbonyl (C=O) groups is 2. The highest BCUT2D eigenvalue weighted by molar-refractivity contribution is 7.98. The van der Waals surface area contributed by atoms with Crippen LogP contribution in [0.5, 0.6) is 0 Å². The van der Waals surface area contributed by atoms with Crippen molar-refractivity contribution in [2.75, 3.05) is 6.26 Å². The van der Waals surface area contributed by atoms with E-state index in [1.807, 2.05) is 58.0 Å². The molecule has 182 valence electrons. The summed E-state index contributed by atoms with van der Waals surface area (Å²) in [5.74, 6) is 0.0359. The van der Waals surface area contributed by atoms with Crippen molar-refractivity contribution >= 4 is 23.8 Å². The van der Waals surface area contributed by atoms with Crippen LogP contribution in [0.3, 0.4) is 0 Å². The van der Waals surface area contributed by atoms with Crippen LogP contribution in [-0.4, -0.2) is 45.6 Å². The van der Waals surface area contributed by atoms with Crippen molar-refractivity contribution in [1.29, 1.82) is 0 Å². The number of nitrogens with zero attached hydrogens (tertiary/aromatic N) is 2. The molecule has 2 amide bonds. The number of hydrogen-bond donors (Lipinski definition) is 3. The first kappa shape index (κ1) is 26.7. The molecule has 3 N–H and O–H groups in total. The van der Waals surface area contributed by atoms with Crippen LogP contribution >= 0.6 is 11.8 Å². The summed E-state index contributed by atoms with van der Waals surface area (Å²) in [6.07, 6.45) is 0.864. The Labute approximate surface area is 199 Å². The summed E-state index contributed by atoms with van der Waals surface area (Å²) in [7, 11) is 0. The lowest BCUT2D eigenvalue weighted by atomic mass is 9.97. The highest BCUT2D eigenvalue weighted by Crippen LogP contribution is 2.22. The number of thioether (sulfide) groups is 1. The van der Waals surface area contributed by atoms with Crippen molar-refractivity contribution in [3.63, 3.8) is 0 Å². The summed E-state index contributed by atoms with van der Waals surface area (Å²) < 4.78 is 10.3. The van der Waals surface area contributed by atoms with Crippen LogP contribution in [0.2, 0.25) is 0 Å². The van der Waals surface area contributed by atoms with Crippen molar-refractivity contribution in [2.24, 2.45) is 11.8 Å². The lowest BCUT2D eigenvalue weighted by Crippen LogP contribution is -2.52. The molecule has 10 heteroatoms. The predicted octanol–water partition coefficient (Wildman–Crippen LogP) is 3.70. The average Bonchev–Trinajstić information content (AvgIpc) is 3.25. The van der Waals surface area contributed by atoms with E-state index in [9.17, 15) is 14.7 Å². The lowest BCUT2D eigenvalue weighted by molar-refractivity contribution is -0.125. The number of aromatic nitrogens is 2. The van der Waals surface area contributed by atoms with Crippen LogP contribution in [0.4, 0.5) is 4.79 Å². The largest absolute Gasteiger partial charge is 0.445 e. The van der Waals surface area contributed by atoms with Gasteiger partial charge in [0.05, 0.1) is 6.04 Å². The minimum absolute atomic E-state index is 0.104. The molecule has 0 radical (unpaired) electrons. The Morgan fingerprint density at radius 1 is 1.09 bits per heavy atom.